The normalized spacial score (nSPS) is 20.9. The zero-order chi connectivity index (χ0) is 13.4. The highest BCUT2D eigenvalue weighted by molar-refractivity contribution is 6.45. The zero-order valence-electron chi connectivity index (χ0n) is 10.5. The molecule has 1 unspecified atom stereocenters. The molecule has 0 bridgehead atoms. The van der Waals surface area contributed by atoms with E-state index in [4.69, 9.17) is 16.3 Å². The summed E-state index contributed by atoms with van der Waals surface area (Å²) in [7, 11) is -0.486. The van der Waals surface area contributed by atoms with E-state index in [0.717, 1.165) is 12.2 Å². The first-order chi connectivity index (χ1) is 9.15. The topological polar surface area (TPSA) is 62.9 Å². The number of hydrogen-bond donors (Lipinski definition) is 1. The van der Waals surface area contributed by atoms with Crippen LogP contribution in [0.2, 0.25) is 12.0 Å². The molecule has 0 aromatic carbocycles. The van der Waals surface area contributed by atoms with Gasteiger partial charge in [-0.3, -0.25) is 0 Å². The number of fused-ring (bicyclic) bond motifs is 1. The maximum absolute atomic E-state index is 9.64. The number of ether oxygens (including phenoxy) is 1. The Morgan fingerprint density at radius 1 is 1.58 bits per heavy atom. The number of aromatic nitrogens is 3. The van der Waals surface area contributed by atoms with Gasteiger partial charge in [0, 0.05) is 19.2 Å². The Kier molecular flexibility index (Phi) is 3.45. The van der Waals surface area contributed by atoms with Crippen molar-refractivity contribution < 1.29 is 9.76 Å². The first-order valence-electron chi connectivity index (χ1n) is 6.19. The fourth-order valence-corrected chi connectivity index (χ4v) is 2.49. The van der Waals surface area contributed by atoms with Crippen LogP contribution in [0.15, 0.2) is 18.3 Å². The van der Waals surface area contributed by atoms with Gasteiger partial charge in [-0.1, -0.05) is 11.6 Å². The van der Waals surface area contributed by atoms with Crippen LogP contribution < -0.4 is 0 Å². The summed E-state index contributed by atoms with van der Waals surface area (Å²) < 4.78 is 7.29. The molecule has 0 radical (unpaired) electrons. The minimum atomic E-state index is -0.486. The largest absolute Gasteiger partial charge is 0.437 e. The third-order valence-corrected chi connectivity index (χ3v) is 3.56. The molecule has 2 aromatic heterocycles. The van der Waals surface area contributed by atoms with Crippen LogP contribution in [0.1, 0.15) is 11.8 Å². The molecule has 2 aromatic rings. The third-order valence-electron chi connectivity index (χ3n) is 3.29. The zero-order valence-corrected chi connectivity index (χ0v) is 11.3. The number of nitrogens with zero attached hydrogens (tertiary/aromatic N) is 4. The van der Waals surface area contributed by atoms with Gasteiger partial charge in [-0.25, -0.2) is 9.50 Å². The van der Waals surface area contributed by atoms with E-state index in [9.17, 15) is 5.02 Å². The molecule has 1 aliphatic heterocycles. The highest BCUT2D eigenvalue weighted by Crippen LogP contribution is 2.24. The second kappa shape index (κ2) is 5.09. The molecule has 1 N–H and O–H groups in total. The van der Waals surface area contributed by atoms with E-state index in [1.807, 2.05) is 4.81 Å². The third kappa shape index (κ3) is 2.46. The van der Waals surface area contributed by atoms with Gasteiger partial charge in [0.15, 0.2) is 5.65 Å². The van der Waals surface area contributed by atoms with Gasteiger partial charge in [0.25, 0.3) is 0 Å². The first kappa shape index (κ1) is 12.9. The highest BCUT2D eigenvalue weighted by Gasteiger charge is 2.27. The van der Waals surface area contributed by atoms with Crippen molar-refractivity contribution in [2.45, 2.75) is 12.9 Å². The Labute approximate surface area is 116 Å². The van der Waals surface area contributed by atoms with Crippen molar-refractivity contribution in [3.63, 3.8) is 0 Å². The number of rotatable bonds is 2. The van der Waals surface area contributed by atoms with E-state index >= 15 is 0 Å². The van der Waals surface area contributed by atoms with Gasteiger partial charge in [0.05, 0.1) is 18.5 Å². The minimum absolute atomic E-state index is 0.180. The molecule has 6 nitrogen and oxygen atoms in total. The molecule has 8 heteroatoms. The smallest absolute Gasteiger partial charge is 0.376 e. The molecule has 0 aliphatic carbocycles. The summed E-state index contributed by atoms with van der Waals surface area (Å²) in [5, 5.41) is 14.2. The average molecular weight is 281 g/mol. The molecule has 1 aliphatic rings. The molecule has 3 heterocycles. The number of morpholine rings is 1. The monoisotopic (exact) mass is 280 g/mol. The van der Waals surface area contributed by atoms with E-state index in [-0.39, 0.29) is 6.10 Å². The molecular formula is C11H14BClN4O2. The highest BCUT2D eigenvalue weighted by atomic mass is 35.5. The van der Waals surface area contributed by atoms with Crippen LogP contribution in [0.4, 0.5) is 0 Å². The molecule has 3 rings (SSSR count). The molecule has 19 heavy (non-hydrogen) atoms. The van der Waals surface area contributed by atoms with Gasteiger partial charge in [0.2, 0.25) is 0 Å². The van der Waals surface area contributed by atoms with Crippen LogP contribution in [-0.4, -0.2) is 51.2 Å². The fourth-order valence-electron chi connectivity index (χ4n) is 2.25. The van der Waals surface area contributed by atoms with Crippen LogP contribution in [0.5, 0.6) is 0 Å². The van der Waals surface area contributed by atoms with Crippen LogP contribution in [0.3, 0.4) is 0 Å². The summed E-state index contributed by atoms with van der Waals surface area (Å²) in [5.41, 5.74) is 1.46. The van der Waals surface area contributed by atoms with E-state index in [2.05, 4.69) is 10.1 Å². The van der Waals surface area contributed by atoms with Gasteiger partial charge in [0.1, 0.15) is 11.3 Å². The Morgan fingerprint density at radius 3 is 3.21 bits per heavy atom. The van der Waals surface area contributed by atoms with Crippen LogP contribution in [0.25, 0.3) is 5.65 Å². The molecule has 0 amide bonds. The van der Waals surface area contributed by atoms with Crippen molar-refractivity contribution in [1.82, 2.24) is 19.4 Å². The van der Waals surface area contributed by atoms with Crippen molar-refractivity contribution in [3.05, 3.63) is 29.2 Å². The Balaban J connectivity index is 1.90. The number of hydrogen-bond acceptors (Lipinski definition) is 5. The van der Waals surface area contributed by atoms with Crippen molar-refractivity contribution >= 4 is 24.3 Å². The lowest BCUT2D eigenvalue weighted by molar-refractivity contribution is -0.0103. The lowest BCUT2D eigenvalue weighted by Gasteiger charge is -2.33. The second-order valence-electron chi connectivity index (χ2n) is 4.59. The lowest BCUT2D eigenvalue weighted by atomic mass is 9.84. The van der Waals surface area contributed by atoms with Crippen molar-refractivity contribution in [2.24, 2.45) is 0 Å². The van der Waals surface area contributed by atoms with E-state index in [0.29, 0.717) is 24.0 Å². The Bertz CT molecular complexity index is 591. The van der Waals surface area contributed by atoms with Crippen molar-refractivity contribution in [1.29, 1.82) is 0 Å². The van der Waals surface area contributed by atoms with E-state index in [1.165, 1.54) is 0 Å². The van der Waals surface area contributed by atoms with Gasteiger partial charge in [-0.15, -0.1) is 0 Å². The maximum Gasteiger partial charge on any atom is 0.376 e. The van der Waals surface area contributed by atoms with Crippen molar-refractivity contribution in [2.75, 3.05) is 19.7 Å². The van der Waals surface area contributed by atoms with Crippen LogP contribution in [0, 0.1) is 0 Å². The average Bonchev–Trinajstić information content (AvgIpc) is 2.87. The molecule has 0 saturated carbocycles. The van der Waals surface area contributed by atoms with Gasteiger partial charge in [-0.2, -0.15) is 5.10 Å². The summed E-state index contributed by atoms with van der Waals surface area (Å²) >= 11 is 6.16. The predicted octanol–water partition coefficient (Wildman–Crippen LogP) is 0.866. The number of halogens is 1. The standard InChI is InChI=1S/C11H14BClN4O2/c1-12(18)16-4-5-19-9(7-16)8-6-10(13)17-11(15-8)2-3-14-17/h2-3,6,9,18H,4-5,7H2,1H3. The van der Waals surface area contributed by atoms with Gasteiger partial charge < -0.3 is 14.6 Å². The Morgan fingerprint density at radius 2 is 2.42 bits per heavy atom. The summed E-state index contributed by atoms with van der Waals surface area (Å²) in [4.78, 5) is 6.44. The second-order valence-corrected chi connectivity index (χ2v) is 4.98. The molecule has 0 spiro atoms. The SMILES string of the molecule is CB(O)N1CCOC(c2cc(Cl)n3nccc3n2)C1. The van der Waals surface area contributed by atoms with Crippen LogP contribution >= 0.6 is 11.6 Å². The predicted molar refractivity (Wildman–Crippen MR) is 72.1 cm³/mol. The summed E-state index contributed by atoms with van der Waals surface area (Å²) in [6.45, 7) is 3.64. The minimum Gasteiger partial charge on any atom is -0.437 e. The van der Waals surface area contributed by atoms with Crippen molar-refractivity contribution in [3.8, 4) is 0 Å². The molecule has 100 valence electrons. The van der Waals surface area contributed by atoms with E-state index < -0.39 is 7.05 Å². The molecule has 1 saturated heterocycles. The quantitative estimate of drug-likeness (QED) is 0.653. The first-order valence-corrected chi connectivity index (χ1v) is 6.57. The summed E-state index contributed by atoms with van der Waals surface area (Å²) in [6.07, 6.45) is 1.47. The Hall–Kier alpha value is -1.15. The summed E-state index contributed by atoms with van der Waals surface area (Å²) in [5.74, 6) is 0. The lowest BCUT2D eigenvalue weighted by Crippen LogP contribution is -2.46. The summed E-state index contributed by atoms with van der Waals surface area (Å²) in [6, 6.07) is 3.56. The molecule has 1 atom stereocenters. The van der Waals surface area contributed by atoms with E-state index in [1.54, 1.807) is 29.7 Å². The van der Waals surface area contributed by atoms with Gasteiger partial charge in [-0.05, 0) is 12.9 Å². The van der Waals surface area contributed by atoms with Crippen LogP contribution in [-0.2, 0) is 4.74 Å². The molecule has 1 fully saturated rings. The molecular weight excluding hydrogens is 266 g/mol. The van der Waals surface area contributed by atoms with Gasteiger partial charge >= 0.3 is 7.05 Å². The maximum atomic E-state index is 9.64. The fraction of sp³-hybridized carbons (Fsp3) is 0.455.